The van der Waals surface area contributed by atoms with E-state index in [-0.39, 0.29) is 5.54 Å². The third-order valence-electron chi connectivity index (χ3n) is 5.17. The second-order valence-corrected chi connectivity index (χ2v) is 9.03. The normalized spacial score (nSPS) is 11.9. The minimum atomic E-state index is -0.388. The highest BCUT2D eigenvalue weighted by Crippen LogP contribution is 2.34. The largest absolute Gasteiger partial charge is 0.322 e. The number of hydrogen-bond donors (Lipinski definition) is 1. The van der Waals surface area contributed by atoms with Gasteiger partial charge in [-0.15, -0.1) is 0 Å². The predicted octanol–water partition coefficient (Wildman–Crippen LogP) is 8.43. The van der Waals surface area contributed by atoms with E-state index in [4.69, 9.17) is 28.9 Å². The van der Waals surface area contributed by atoms with Crippen molar-refractivity contribution in [3.8, 4) is 0 Å². The van der Waals surface area contributed by atoms with Gasteiger partial charge in [0.1, 0.15) is 0 Å². The van der Waals surface area contributed by atoms with Crippen molar-refractivity contribution in [2.75, 3.05) is 0 Å². The van der Waals surface area contributed by atoms with Gasteiger partial charge in [-0.25, -0.2) is 0 Å². The average molecular weight is 400 g/mol. The van der Waals surface area contributed by atoms with E-state index < -0.39 is 0 Å². The van der Waals surface area contributed by atoms with Crippen molar-refractivity contribution in [2.24, 2.45) is 5.73 Å². The van der Waals surface area contributed by atoms with Crippen LogP contribution in [0.25, 0.3) is 0 Å². The van der Waals surface area contributed by atoms with E-state index in [9.17, 15) is 0 Å². The van der Waals surface area contributed by atoms with E-state index in [1.165, 1.54) is 70.6 Å². The van der Waals surface area contributed by atoms with Crippen LogP contribution in [-0.2, 0) is 12.0 Å². The lowest BCUT2D eigenvalue weighted by atomic mass is 9.88. The van der Waals surface area contributed by atoms with Gasteiger partial charge < -0.3 is 5.73 Å². The second-order valence-electron chi connectivity index (χ2n) is 8.25. The molecule has 0 aliphatic rings. The molecule has 0 amide bonds. The van der Waals surface area contributed by atoms with Crippen molar-refractivity contribution < 1.29 is 0 Å². The van der Waals surface area contributed by atoms with Crippen LogP contribution in [0.15, 0.2) is 12.1 Å². The zero-order valence-electron chi connectivity index (χ0n) is 17.2. The van der Waals surface area contributed by atoms with Crippen molar-refractivity contribution in [1.29, 1.82) is 0 Å². The Morgan fingerprint density at radius 1 is 0.769 bits per heavy atom. The highest BCUT2D eigenvalue weighted by Gasteiger charge is 2.21. The predicted molar refractivity (Wildman–Crippen MR) is 118 cm³/mol. The number of rotatable bonds is 14. The molecule has 0 radical (unpaired) electrons. The highest BCUT2D eigenvalue weighted by atomic mass is 35.5. The number of hydrogen-bond acceptors (Lipinski definition) is 1. The summed E-state index contributed by atoms with van der Waals surface area (Å²) in [6.45, 7) is 6.33. The quantitative estimate of drug-likeness (QED) is 0.312. The smallest absolute Gasteiger partial charge is 0.0627 e. The van der Waals surface area contributed by atoms with Gasteiger partial charge in [-0.3, -0.25) is 0 Å². The fourth-order valence-corrected chi connectivity index (χ4v) is 4.02. The van der Waals surface area contributed by atoms with Gasteiger partial charge in [0.25, 0.3) is 0 Å². The third-order valence-corrected chi connectivity index (χ3v) is 6.01. The lowest BCUT2D eigenvalue weighted by Crippen LogP contribution is -2.30. The molecule has 1 nitrogen and oxygen atoms in total. The van der Waals surface area contributed by atoms with Crippen molar-refractivity contribution in [2.45, 2.75) is 110 Å². The van der Waals surface area contributed by atoms with Gasteiger partial charge in [-0.1, -0.05) is 107 Å². The van der Waals surface area contributed by atoms with E-state index in [0.717, 1.165) is 24.0 Å². The fourth-order valence-electron chi connectivity index (χ4n) is 3.58. The summed E-state index contributed by atoms with van der Waals surface area (Å²) in [4.78, 5) is 0. The first-order valence-electron chi connectivity index (χ1n) is 10.6. The molecule has 1 aromatic carbocycles. The van der Waals surface area contributed by atoms with Gasteiger partial charge in [0.2, 0.25) is 0 Å². The van der Waals surface area contributed by atoms with Crippen molar-refractivity contribution in [1.82, 2.24) is 0 Å². The summed E-state index contributed by atoms with van der Waals surface area (Å²) < 4.78 is 0. The maximum atomic E-state index is 6.46. The van der Waals surface area contributed by atoms with Crippen LogP contribution in [0.1, 0.15) is 109 Å². The maximum absolute atomic E-state index is 6.46. The van der Waals surface area contributed by atoms with Crippen LogP contribution in [0.5, 0.6) is 0 Å². The molecule has 2 N–H and O–H groups in total. The van der Waals surface area contributed by atoms with Crippen LogP contribution in [0.4, 0.5) is 0 Å². The number of halogens is 2. The molecule has 0 aliphatic carbocycles. The summed E-state index contributed by atoms with van der Waals surface area (Å²) in [5.74, 6) is 0. The molecule has 1 aromatic rings. The molecule has 0 heterocycles. The molecule has 0 aliphatic heterocycles. The van der Waals surface area contributed by atoms with Crippen molar-refractivity contribution >= 4 is 23.2 Å². The second kappa shape index (κ2) is 13.0. The molecule has 26 heavy (non-hydrogen) atoms. The van der Waals surface area contributed by atoms with Crippen LogP contribution in [0.3, 0.4) is 0 Å². The summed E-state index contributed by atoms with van der Waals surface area (Å²) in [7, 11) is 0. The average Bonchev–Trinajstić information content (AvgIpc) is 2.58. The van der Waals surface area contributed by atoms with Gasteiger partial charge in [-0.2, -0.15) is 0 Å². The van der Waals surface area contributed by atoms with Gasteiger partial charge in [0.15, 0.2) is 0 Å². The van der Waals surface area contributed by atoms with Gasteiger partial charge in [0, 0.05) is 5.54 Å². The fraction of sp³-hybridized carbons (Fsp3) is 0.739. The van der Waals surface area contributed by atoms with Crippen LogP contribution in [0.2, 0.25) is 10.0 Å². The summed E-state index contributed by atoms with van der Waals surface area (Å²) in [5, 5.41) is 1.32. The topological polar surface area (TPSA) is 26.0 Å². The molecular weight excluding hydrogens is 361 g/mol. The Morgan fingerprint density at radius 3 is 1.69 bits per heavy atom. The molecule has 0 unspecified atom stereocenters. The first-order valence-corrected chi connectivity index (χ1v) is 11.4. The number of unbranched alkanes of at least 4 members (excludes halogenated alkanes) is 11. The van der Waals surface area contributed by atoms with Crippen LogP contribution in [0, 0.1) is 0 Å². The minimum Gasteiger partial charge on any atom is -0.322 e. The monoisotopic (exact) mass is 399 g/mol. The van der Waals surface area contributed by atoms with Crippen molar-refractivity contribution in [3.05, 3.63) is 33.3 Å². The number of nitrogens with two attached hydrogens (primary N) is 1. The molecule has 0 saturated heterocycles. The molecule has 0 aromatic heterocycles. The molecule has 150 valence electrons. The third kappa shape index (κ3) is 9.11. The lowest BCUT2D eigenvalue weighted by Gasteiger charge is -2.24. The Labute approximate surface area is 172 Å². The van der Waals surface area contributed by atoms with Crippen LogP contribution >= 0.6 is 23.2 Å². The first kappa shape index (κ1) is 23.8. The standard InChI is InChI=1S/C23H39Cl2N/c1-4-5-6-7-8-9-10-11-12-13-14-15-16-19-20(23(2,3)26)17-18-21(24)22(19)25/h17-18H,4-16,26H2,1-3H3. The van der Waals surface area contributed by atoms with Gasteiger partial charge in [0.05, 0.1) is 10.0 Å². The summed E-state index contributed by atoms with van der Waals surface area (Å²) in [6.07, 6.45) is 17.2. The van der Waals surface area contributed by atoms with Gasteiger partial charge in [-0.05, 0) is 43.9 Å². The summed E-state index contributed by atoms with van der Waals surface area (Å²) >= 11 is 12.7. The Bertz CT molecular complexity index is 506. The Balaban J connectivity index is 2.21. The van der Waals surface area contributed by atoms with Crippen LogP contribution in [-0.4, -0.2) is 0 Å². The molecule has 0 atom stereocenters. The summed E-state index contributed by atoms with van der Waals surface area (Å²) in [5.41, 5.74) is 8.18. The van der Waals surface area contributed by atoms with E-state index in [2.05, 4.69) is 6.92 Å². The molecule has 0 bridgehead atoms. The van der Waals surface area contributed by atoms with Gasteiger partial charge >= 0.3 is 0 Å². The minimum absolute atomic E-state index is 0.388. The Hall–Kier alpha value is -0.240. The maximum Gasteiger partial charge on any atom is 0.0627 e. The van der Waals surface area contributed by atoms with E-state index in [1.807, 2.05) is 26.0 Å². The highest BCUT2D eigenvalue weighted by molar-refractivity contribution is 6.42. The molecule has 3 heteroatoms. The SMILES string of the molecule is CCCCCCCCCCCCCCc1c(C(C)(C)N)ccc(Cl)c1Cl. The Kier molecular flexibility index (Phi) is 11.9. The van der Waals surface area contributed by atoms with Crippen LogP contribution < -0.4 is 5.73 Å². The molecule has 0 spiro atoms. The van der Waals surface area contributed by atoms with E-state index in [0.29, 0.717) is 10.0 Å². The first-order chi connectivity index (χ1) is 12.4. The van der Waals surface area contributed by atoms with E-state index >= 15 is 0 Å². The lowest BCUT2D eigenvalue weighted by molar-refractivity contribution is 0.535. The molecule has 1 rings (SSSR count). The van der Waals surface area contributed by atoms with Crippen molar-refractivity contribution in [3.63, 3.8) is 0 Å². The zero-order chi connectivity index (χ0) is 19.4. The molecule has 0 saturated carbocycles. The summed E-state index contributed by atoms with van der Waals surface area (Å²) in [6, 6.07) is 3.89. The number of benzene rings is 1. The van der Waals surface area contributed by atoms with E-state index in [1.54, 1.807) is 0 Å². The molecular formula is C23H39Cl2N. The molecule has 0 fully saturated rings. The Morgan fingerprint density at radius 2 is 1.23 bits per heavy atom. The zero-order valence-corrected chi connectivity index (χ0v) is 18.7.